The summed E-state index contributed by atoms with van der Waals surface area (Å²) in [5.74, 6) is -2.92. The first-order chi connectivity index (χ1) is 13.5. The van der Waals surface area contributed by atoms with Gasteiger partial charge in [0, 0.05) is 0 Å². The number of aromatic nitrogens is 2. The Balaban J connectivity index is 2.10. The molecule has 6 nitrogen and oxygen atoms in total. The van der Waals surface area contributed by atoms with Crippen LogP contribution in [0.1, 0.15) is 17.0 Å². The number of rotatable bonds is 4. The van der Waals surface area contributed by atoms with Gasteiger partial charge in [0.15, 0.2) is 11.6 Å². The van der Waals surface area contributed by atoms with Gasteiger partial charge in [-0.25, -0.2) is 8.78 Å². The Kier molecular flexibility index (Phi) is 5.46. The summed E-state index contributed by atoms with van der Waals surface area (Å²) in [6.45, 7) is 4.48. The second kappa shape index (κ2) is 7.57. The van der Waals surface area contributed by atoms with E-state index in [0.717, 1.165) is 22.3 Å². The third-order valence-corrected chi connectivity index (χ3v) is 5.77. The minimum Gasteiger partial charge on any atom is -0.358 e. The first-order valence-corrected chi connectivity index (χ1v) is 10.1. The Morgan fingerprint density at radius 2 is 1.66 bits per heavy atom. The molecule has 2 aromatic carbocycles. The summed E-state index contributed by atoms with van der Waals surface area (Å²) in [6.07, 6.45) is 0. The van der Waals surface area contributed by atoms with Crippen molar-refractivity contribution in [2.45, 2.75) is 25.7 Å². The molecule has 0 aliphatic carbocycles. The molecule has 0 atom stereocenters. The zero-order valence-electron chi connectivity index (χ0n) is 15.5. The van der Waals surface area contributed by atoms with E-state index >= 15 is 0 Å². The second-order valence-electron chi connectivity index (χ2n) is 6.27. The highest BCUT2D eigenvalue weighted by atomic mass is 35.5. The van der Waals surface area contributed by atoms with Gasteiger partial charge >= 0.3 is 10.1 Å². The molecule has 3 rings (SSSR count). The van der Waals surface area contributed by atoms with Crippen LogP contribution >= 0.6 is 11.6 Å². The van der Waals surface area contributed by atoms with E-state index in [9.17, 15) is 22.0 Å². The van der Waals surface area contributed by atoms with Crippen LogP contribution in [-0.2, 0) is 10.1 Å². The molecule has 10 heteroatoms. The van der Waals surface area contributed by atoms with E-state index in [4.69, 9.17) is 15.8 Å². The molecule has 0 unspecified atom stereocenters. The smallest absolute Gasteiger partial charge is 0.340 e. The Morgan fingerprint density at radius 1 is 1.03 bits per heavy atom. The zero-order valence-corrected chi connectivity index (χ0v) is 17.1. The van der Waals surface area contributed by atoms with Crippen LogP contribution in [0.3, 0.4) is 0 Å². The van der Waals surface area contributed by atoms with Crippen molar-refractivity contribution in [1.82, 2.24) is 9.55 Å². The van der Waals surface area contributed by atoms with Crippen molar-refractivity contribution in [3.05, 3.63) is 80.4 Å². The van der Waals surface area contributed by atoms with E-state index < -0.39 is 38.2 Å². The molecule has 152 valence electrons. The van der Waals surface area contributed by atoms with Crippen molar-refractivity contribution in [2.75, 3.05) is 0 Å². The van der Waals surface area contributed by atoms with Crippen LogP contribution < -0.4 is 9.74 Å². The summed E-state index contributed by atoms with van der Waals surface area (Å²) >= 11 is 5.84. The summed E-state index contributed by atoms with van der Waals surface area (Å²) < 4.78 is 58.2. The molecule has 0 saturated heterocycles. The standard InChI is InChI=1S/C19H15ClF2N2O4S/c1-10-4-6-13(7-5-10)29(26,27)28-18-11(2)19(25)24(12(3)23-18)15-9-8-14(21)17(22)16(15)20/h4-9H,1-3H3. The molecule has 0 aliphatic rings. The van der Waals surface area contributed by atoms with E-state index in [1.165, 1.54) is 26.0 Å². The van der Waals surface area contributed by atoms with Crippen molar-refractivity contribution in [3.63, 3.8) is 0 Å². The molecule has 0 radical (unpaired) electrons. The average molecular weight is 441 g/mol. The molecule has 3 aromatic rings. The predicted molar refractivity (Wildman–Crippen MR) is 103 cm³/mol. The van der Waals surface area contributed by atoms with Gasteiger partial charge in [0.25, 0.3) is 5.56 Å². The normalized spacial score (nSPS) is 11.5. The van der Waals surface area contributed by atoms with Crippen LogP contribution in [-0.4, -0.2) is 18.0 Å². The monoisotopic (exact) mass is 440 g/mol. The van der Waals surface area contributed by atoms with E-state index in [2.05, 4.69) is 4.98 Å². The van der Waals surface area contributed by atoms with Gasteiger partial charge in [0.1, 0.15) is 15.7 Å². The summed E-state index contributed by atoms with van der Waals surface area (Å²) in [5, 5.41) is -0.600. The topological polar surface area (TPSA) is 78.3 Å². The van der Waals surface area contributed by atoms with Crippen molar-refractivity contribution >= 4 is 21.7 Å². The van der Waals surface area contributed by atoms with Crippen LogP contribution in [0.25, 0.3) is 5.69 Å². The SMILES string of the molecule is Cc1ccc(S(=O)(=O)Oc2nc(C)n(-c3ccc(F)c(F)c3Cl)c(=O)c2C)cc1. The van der Waals surface area contributed by atoms with Gasteiger partial charge < -0.3 is 4.18 Å². The average Bonchev–Trinajstić information content (AvgIpc) is 2.66. The predicted octanol–water partition coefficient (Wildman–Crippen LogP) is 3.86. The minimum atomic E-state index is -4.23. The number of aryl methyl sites for hydroxylation is 2. The van der Waals surface area contributed by atoms with Crippen molar-refractivity contribution < 1.29 is 21.4 Å². The Bertz CT molecular complexity index is 1270. The van der Waals surface area contributed by atoms with Crippen LogP contribution in [0.15, 0.2) is 46.1 Å². The molecule has 0 saturated carbocycles. The van der Waals surface area contributed by atoms with Gasteiger partial charge in [0.2, 0.25) is 5.88 Å². The molecule has 1 heterocycles. The van der Waals surface area contributed by atoms with Crippen LogP contribution in [0.2, 0.25) is 5.02 Å². The maximum atomic E-state index is 13.8. The third-order valence-electron chi connectivity index (χ3n) is 4.19. The van der Waals surface area contributed by atoms with Gasteiger partial charge in [-0.15, -0.1) is 0 Å². The molecule has 29 heavy (non-hydrogen) atoms. The first-order valence-electron chi connectivity index (χ1n) is 8.28. The largest absolute Gasteiger partial charge is 0.358 e. The van der Waals surface area contributed by atoms with Gasteiger partial charge in [0.05, 0.1) is 11.3 Å². The number of benzene rings is 2. The Morgan fingerprint density at radius 3 is 2.28 bits per heavy atom. The molecule has 0 amide bonds. The number of halogens is 3. The van der Waals surface area contributed by atoms with Gasteiger partial charge in [-0.05, 0) is 45.0 Å². The van der Waals surface area contributed by atoms with Gasteiger partial charge in [-0.1, -0.05) is 29.3 Å². The van der Waals surface area contributed by atoms with Crippen molar-refractivity contribution in [3.8, 4) is 11.6 Å². The first kappa shape index (κ1) is 20.9. The fraction of sp³-hybridized carbons (Fsp3) is 0.158. The fourth-order valence-electron chi connectivity index (χ4n) is 2.60. The Hall–Kier alpha value is -2.78. The maximum Gasteiger partial charge on any atom is 0.340 e. The Labute approximate surface area is 170 Å². The lowest BCUT2D eigenvalue weighted by Crippen LogP contribution is -2.26. The summed E-state index contributed by atoms with van der Waals surface area (Å²) in [5.41, 5.74) is -0.150. The maximum absolute atomic E-state index is 13.8. The van der Waals surface area contributed by atoms with E-state index in [-0.39, 0.29) is 22.0 Å². The number of hydrogen-bond acceptors (Lipinski definition) is 5. The van der Waals surface area contributed by atoms with Gasteiger partial charge in [-0.2, -0.15) is 13.4 Å². The highest BCUT2D eigenvalue weighted by Gasteiger charge is 2.23. The van der Waals surface area contributed by atoms with Gasteiger partial charge in [-0.3, -0.25) is 9.36 Å². The third kappa shape index (κ3) is 3.88. The van der Waals surface area contributed by atoms with E-state index in [1.807, 2.05) is 0 Å². The molecule has 0 N–H and O–H groups in total. The fourth-order valence-corrected chi connectivity index (χ4v) is 3.77. The zero-order chi connectivity index (χ0) is 21.5. The summed E-state index contributed by atoms with van der Waals surface area (Å²) in [6, 6.07) is 7.89. The van der Waals surface area contributed by atoms with Crippen molar-refractivity contribution in [1.29, 1.82) is 0 Å². The summed E-state index contributed by atoms with van der Waals surface area (Å²) in [7, 11) is -4.23. The van der Waals surface area contributed by atoms with Crippen LogP contribution in [0, 0.1) is 32.4 Å². The molecule has 0 fully saturated rings. The molecule has 1 aromatic heterocycles. The molecular weight excluding hydrogens is 426 g/mol. The molecule has 0 bridgehead atoms. The number of hydrogen-bond donors (Lipinski definition) is 0. The lowest BCUT2D eigenvalue weighted by Gasteiger charge is -2.15. The second-order valence-corrected chi connectivity index (χ2v) is 8.20. The quantitative estimate of drug-likeness (QED) is 0.454. The number of nitrogens with zero attached hydrogens (tertiary/aromatic N) is 2. The molecular formula is C19H15ClF2N2O4S. The molecule has 0 aliphatic heterocycles. The van der Waals surface area contributed by atoms with Crippen molar-refractivity contribution in [2.24, 2.45) is 0 Å². The lowest BCUT2D eigenvalue weighted by atomic mass is 10.2. The van der Waals surface area contributed by atoms with E-state index in [0.29, 0.717) is 0 Å². The highest BCUT2D eigenvalue weighted by Crippen LogP contribution is 2.27. The van der Waals surface area contributed by atoms with E-state index in [1.54, 1.807) is 19.1 Å². The minimum absolute atomic E-state index is 0.0254. The highest BCUT2D eigenvalue weighted by molar-refractivity contribution is 7.87. The van der Waals surface area contributed by atoms with Crippen LogP contribution in [0.5, 0.6) is 5.88 Å². The summed E-state index contributed by atoms with van der Waals surface area (Å²) in [4.78, 5) is 16.7. The molecule has 0 spiro atoms. The lowest BCUT2D eigenvalue weighted by molar-refractivity contribution is 0.469. The van der Waals surface area contributed by atoms with Crippen LogP contribution in [0.4, 0.5) is 8.78 Å².